The van der Waals surface area contributed by atoms with E-state index in [2.05, 4.69) is 0 Å². The summed E-state index contributed by atoms with van der Waals surface area (Å²) < 4.78 is 22.1. The predicted molar refractivity (Wildman–Crippen MR) is 135 cm³/mol. The van der Waals surface area contributed by atoms with E-state index in [1.807, 2.05) is 42.5 Å². The molecule has 1 saturated carbocycles. The van der Waals surface area contributed by atoms with Crippen molar-refractivity contribution in [1.82, 2.24) is 9.47 Å². The van der Waals surface area contributed by atoms with Gasteiger partial charge in [-0.15, -0.1) is 0 Å². The topological polar surface area (TPSA) is 68.6 Å². The molecule has 188 valence electrons. The van der Waals surface area contributed by atoms with Gasteiger partial charge < -0.3 is 14.2 Å². The molecule has 3 atom stereocenters. The number of carbonyl (C=O) groups is 3. The summed E-state index contributed by atoms with van der Waals surface area (Å²) in [4.78, 5) is 40.6. The number of ketones is 2. The Bertz CT molecular complexity index is 1350. The standard InChI is InChI=1S/C28H28ClFN2O4/c1-17(33)21-14-31(23-9-4-3-8-20(21)23)16-25(35)32-15-22(30)27(36-2)26(32)24(34)13-28(10-11-28)18-6-5-7-19(29)12-18/h3-9,12,14,22,26-27H,10-11,13,15-16H2,1-2H3/t22-,26+,27+/m0/s1. The van der Waals surface area contributed by atoms with Gasteiger partial charge in [-0.2, -0.15) is 0 Å². The molecule has 0 N–H and O–H groups in total. The first-order valence-electron chi connectivity index (χ1n) is 12.1. The maximum atomic E-state index is 15.0. The molecule has 6 nitrogen and oxygen atoms in total. The fourth-order valence-corrected chi connectivity index (χ4v) is 5.73. The number of halogens is 2. The normalized spacial score (nSPS) is 22.7. The molecular formula is C28H28ClFN2O4. The van der Waals surface area contributed by atoms with Gasteiger partial charge in [0, 0.05) is 46.6 Å². The summed E-state index contributed by atoms with van der Waals surface area (Å²) in [5, 5.41) is 1.36. The van der Waals surface area contributed by atoms with E-state index >= 15 is 0 Å². The highest BCUT2D eigenvalue weighted by Gasteiger charge is 2.53. The summed E-state index contributed by atoms with van der Waals surface area (Å²) in [5.41, 5.74) is 1.90. The smallest absolute Gasteiger partial charge is 0.243 e. The van der Waals surface area contributed by atoms with Crippen molar-refractivity contribution in [3.63, 3.8) is 0 Å². The number of ether oxygens (including phenoxy) is 1. The van der Waals surface area contributed by atoms with E-state index in [-0.39, 0.29) is 42.4 Å². The van der Waals surface area contributed by atoms with Gasteiger partial charge in [0.15, 0.2) is 11.6 Å². The molecule has 8 heteroatoms. The highest BCUT2D eigenvalue weighted by atomic mass is 35.5. The van der Waals surface area contributed by atoms with Crippen molar-refractivity contribution < 1.29 is 23.5 Å². The Morgan fingerprint density at radius 2 is 1.89 bits per heavy atom. The average molecular weight is 511 g/mol. The minimum absolute atomic E-state index is 0.106. The van der Waals surface area contributed by atoms with E-state index in [9.17, 15) is 18.8 Å². The van der Waals surface area contributed by atoms with Crippen molar-refractivity contribution in [2.75, 3.05) is 13.7 Å². The summed E-state index contributed by atoms with van der Waals surface area (Å²) >= 11 is 6.18. The van der Waals surface area contributed by atoms with E-state index < -0.39 is 18.3 Å². The zero-order chi connectivity index (χ0) is 25.6. The SMILES string of the molecule is CO[C@H]1[C@@H](C(=O)CC2(c3cccc(Cl)c3)CC2)N(C(=O)Cn2cc(C(C)=O)c3ccccc32)C[C@@H]1F. The van der Waals surface area contributed by atoms with Crippen LogP contribution in [0, 0.1) is 0 Å². The van der Waals surface area contributed by atoms with Crippen LogP contribution in [0.2, 0.25) is 5.02 Å². The lowest BCUT2D eigenvalue weighted by atomic mass is 9.87. The number of rotatable bonds is 8. The number of Topliss-reactive ketones (excluding diaryl/α,β-unsaturated/α-hetero) is 2. The highest BCUT2D eigenvalue weighted by Crippen LogP contribution is 2.52. The Labute approximate surface area is 214 Å². The second-order valence-electron chi connectivity index (χ2n) is 9.89. The van der Waals surface area contributed by atoms with Crippen LogP contribution < -0.4 is 0 Å². The highest BCUT2D eigenvalue weighted by molar-refractivity contribution is 6.30. The van der Waals surface area contributed by atoms with Crippen molar-refractivity contribution in [2.45, 2.75) is 56.5 Å². The van der Waals surface area contributed by atoms with Crippen molar-refractivity contribution in [3.8, 4) is 0 Å². The first-order chi connectivity index (χ1) is 17.2. The van der Waals surface area contributed by atoms with Crippen molar-refractivity contribution >= 4 is 40.0 Å². The molecule has 0 unspecified atom stereocenters. The summed E-state index contributed by atoms with van der Waals surface area (Å²) in [6.45, 7) is 1.16. The lowest BCUT2D eigenvalue weighted by Crippen LogP contribution is -2.47. The summed E-state index contributed by atoms with van der Waals surface area (Å²) in [6.07, 6.45) is 1.01. The molecule has 1 aliphatic heterocycles. The van der Waals surface area contributed by atoms with Gasteiger partial charge in [-0.1, -0.05) is 41.9 Å². The number of alkyl halides is 1. The molecule has 2 aromatic carbocycles. The molecule has 1 amide bonds. The maximum absolute atomic E-state index is 15.0. The fraction of sp³-hybridized carbons (Fsp3) is 0.393. The number of benzene rings is 2. The zero-order valence-electron chi connectivity index (χ0n) is 20.2. The first-order valence-corrected chi connectivity index (χ1v) is 12.5. The molecule has 2 heterocycles. The number of aromatic nitrogens is 1. The minimum atomic E-state index is -1.47. The number of likely N-dealkylation sites (tertiary alicyclic amines) is 1. The number of methoxy groups -OCH3 is 1. The quantitative estimate of drug-likeness (QED) is 0.410. The van der Waals surface area contributed by atoms with E-state index in [0.29, 0.717) is 10.6 Å². The maximum Gasteiger partial charge on any atom is 0.243 e. The summed E-state index contributed by atoms with van der Waals surface area (Å²) in [5.74, 6) is -0.709. The van der Waals surface area contributed by atoms with Crippen LogP contribution in [0.1, 0.15) is 42.1 Å². The van der Waals surface area contributed by atoms with Crippen molar-refractivity contribution in [2.24, 2.45) is 0 Å². The second-order valence-corrected chi connectivity index (χ2v) is 10.3. The molecule has 0 bridgehead atoms. The largest absolute Gasteiger partial charge is 0.376 e. The number of para-hydroxylation sites is 1. The number of hydrogen-bond acceptors (Lipinski definition) is 4. The molecule has 0 spiro atoms. The lowest BCUT2D eigenvalue weighted by Gasteiger charge is -2.28. The van der Waals surface area contributed by atoms with Crippen LogP contribution >= 0.6 is 11.6 Å². The zero-order valence-corrected chi connectivity index (χ0v) is 21.0. The predicted octanol–water partition coefficient (Wildman–Crippen LogP) is 4.75. The van der Waals surface area contributed by atoms with Gasteiger partial charge in [-0.05, 0) is 43.5 Å². The Hall–Kier alpha value is -3.03. The molecule has 36 heavy (non-hydrogen) atoms. The minimum Gasteiger partial charge on any atom is -0.376 e. The monoisotopic (exact) mass is 510 g/mol. The number of hydrogen-bond donors (Lipinski definition) is 0. The Balaban J connectivity index is 1.41. The van der Waals surface area contributed by atoms with Crippen LogP contribution in [0.25, 0.3) is 10.9 Å². The number of fused-ring (bicyclic) bond motifs is 1. The molecule has 1 aromatic heterocycles. The van der Waals surface area contributed by atoms with Gasteiger partial charge in [-0.3, -0.25) is 14.4 Å². The van der Waals surface area contributed by atoms with Crippen molar-refractivity contribution in [1.29, 1.82) is 0 Å². The van der Waals surface area contributed by atoms with Crippen molar-refractivity contribution in [3.05, 3.63) is 70.9 Å². The molecular weight excluding hydrogens is 483 g/mol. The van der Waals surface area contributed by atoms with Crippen LogP contribution in [0.5, 0.6) is 0 Å². The van der Waals surface area contributed by atoms with Gasteiger partial charge in [0.2, 0.25) is 5.91 Å². The van der Waals surface area contributed by atoms with E-state index in [1.54, 1.807) is 16.8 Å². The van der Waals surface area contributed by atoms with Crippen LogP contribution in [0.4, 0.5) is 4.39 Å². The van der Waals surface area contributed by atoms with Gasteiger partial charge in [-0.25, -0.2) is 4.39 Å². The van der Waals surface area contributed by atoms with Crippen LogP contribution in [-0.2, 0) is 26.3 Å². The number of nitrogens with zero attached hydrogens (tertiary/aromatic N) is 2. The van der Waals surface area contributed by atoms with E-state index in [4.69, 9.17) is 16.3 Å². The summed E-state index contributed by atoms with van der Waals surface area (Å²) in [6, 6.07) is 13.8. The lowest BCUT2D eigenvalue weighted by molar-refractivity contribution is -0.140. The average Bonchev–Trinajstić information content (AvgIpc) is 3.42. The first kappa shape index (κ1) is 24.7. The molecule has 3 aromatic rings. The third kappa shape index (κ3) is 4.35. The molecule has 1 aliphatic carbocycles. The van der Waals surface area contributed by atoms with Gasteiger partial charge in [0.1, 0.15) is 24.9 Å². The van der Waals surface area contributed by atoms with Gasteiger partial charge in [0.05, 0.1) is 6.54 Å². The third-order valence-electron chi connectivity index (χ3n) is 7.57. The van der Waals surface area contributed by atoms with E-state index in [1.165, 1.54) is 18.9 Å². The number of amides is 1. The molecule has 2 fully saturated rings. The van der Waals surface area contributed by atoms with E-state index in [0.717, 1.165) is 29.3 Å². The van der Waals surface area contributed by atoms with Crippen LogP contribution in [0.15, 0.2) is 54.7 Å². The molecule has 2 aliphatic rings. The summed E-state index contributed by atoms with van der Waals surface area (Å²) in [7, 11) is 1.37. The molecule has 1 saturated heterocycles. The third-order valence-corrected chi connectivity index (χ3v) is 7.81. The Morgan fingerprint density at radius 3 is 2.56 bits per heavy atom. The Kier molecular flexibility index (Phi) is 6.47. The number of carbonyl (C=O) groups excluding carboxylic acids is 3. The fourth-order valence-electron chi connectivity index (χ4n) is 5.54. The van der Waals surface area contributed by atoms with Crippen LogP contribution in [0.3, 0.4) is 0 Å². The van der Waals surface area contributed by atoms with Gasteiger partial charge in [0.25, 0.3) is 0 Å². The Morgan fingerprint density at radius 1 is 1.14 bits per heavy atom. The van der Waals surface area contributed by atoms with Gasteiger partial charge >= 0.3 is 0 Å². The van der Waals surface area contributed by atoms with Crippen LogP contribution in [-0.4, -0.2) is 58.9 Å². The second kappa shape index (κ2) is 9.45. The molecule has 5 rings (SSSR count). The molecule has 0 radical (unpaired) electrons.